The standard InChI is InChI=1S/C22H37N5/c1-23-22(24-13-8-19-9-14-26(2)15-10-19)25-21-11-16-27(17-12-21)18-20-6-4-3-5-7-20/h3-7,19,21H,8-18H2,1-2H3,(H2,23,24,25). The summed E-state index contributed by atoms with van der Waals surface area (Å²) in [6.07, 6.45) is 6.29. The second-order valence-corrected chi connectivity index (χ2v) is 8.21. The molecular formula is C22H37N5. The van der Waals surface area contributed by atoms with Gasteiger partial charge < -0.3 is 15.5 Å². The van der Waals surface area contributed by atoms with Gasteiger partial charge in [0.05, 0.1) is 0 Å². The topological polar surface area (TPSA) is 42.9 Å². The van der Waals surface area contributed by atoms with Gasteiger partial charge in [0.25, 0.3) is 0 Å². The van der Waals surface area contributed by atoms with Crippen LogP contribution in [0.4, 0.5) is 0 Å². The number of nitrogens with zero attached hydrogens (tertiary/aromatic N) is 3. The zero-order chi connectivity index (χ0) is 18.9. The highest BCUT2D eigenvalue weighted by molar-refractivity contribution is 5.79. The molecule has 27 heavy (non-hydrogen) atoms. The van der Waals surface area contributed by atoms with E-state index < -0.39 is 0 Å². The summed E-state index contributed by atoms with van der Waals surface area (Å²) in [5, 5.41) is 7.18. The van der Waals surface area contributed by atoms with Crippen LogP contribution in [-0.2, 0) is 6.54 Å². The Balaban J connectivity index is 1.32. The van der Waals surface area contributed by atoms with Gasteiger partial charge >= 0.3 is 0 Å². The predicted molar refractivity (Wildman–Crippen MR) is 114 cm³/mol. The first-order valence-corrected chi connectivity index (χ1v) is 10.6. The van der Waals surface area contributed by atoms with Crippen LogP contribution in [0.2, 0.25) is 0 Å². The van der Waals surface area contributed by atoms with Gasteiger partial charge in [0.1, 0.15) is 0 Å². The molecule has 0 bridgehead atoms. The Morgan fingerprint density at radius 3 is 2.41 bits per heavy atom. The van der Waals surface area contributed by atoms with Gasteiger partial charge in [-0.1, -0.05) is 30.3 Å². The lowest BCUT2D eigenvalue weighted by Gasteiger charge is -2.33. The van der Waals surface area contributed by atoms with Crippen molar-refractivity contribution in [3.05, 3.63) is 35.9 Å². The van der Waals surface area contributed by atoms with Crippen molar-refractivity contribution in [2.75, 3.05) is 46.8 Å². The molecule has 2 heterocycles. The zero-order valence-corrected chi connectivity index (χ0v) is 17.2. The lowest BCUT2D eigenvalue weighted by molar-refractivity contribution is 0.198. The maximum Gasteiger partial charge on any atom is 0.191 e. The molecule has 150 valence electrons. The van der Waals surface area contributed by atoms with E-state index >= 15 is 0 Å². The lowest BCUT2D eigenvalue weighted by atomic mass is 9.94. The van der Waals surface area contributed by atoms with Gasteiger partial charge in [-0.15, -0.1) is 0 Å². The average Bonchev–Trinajstić information content (AvgIpc) is 2.71. The van der Waals surface area contributed by atoms with Gasteiger partial charge in [-0.2, -0.15) is 0 Å². The second-order valence-electron chi connectivity index (χ2n) is 8.21. The Kier molecular flexibility index (Phi) is 7.96. The summed E-state index contributed by atoms with van der Waals surface area (Å²) in [4.78, 5) is 9.43. The van der Waals surface area contributed by atoms with Crippen LogP contribution in [0.5, 0.6) is 0 Å². The van der Waals surface area contributed by atoms with Gasteiger partial charge in [-0.3, -0.25) is 9.89 Å². The molecule has 2 aliphatic heterocycles. The SMILES string of the molecule is CN=C(NCCC1CCN(C)CC1)NC1CCN(Cc2ccccc2)CC1. The number of likely N-dealkylation sites (tertiary alicyclic amines) is 2. The van der Waals surface area contributed by atoms with Crippen molar-refractivity contribution in [2.24, 2.45) is 10.9 Å². The number of hydrogen-bond acceptors (Lipinski definition) is 3. The maximum atomic E-state index is 4.44. The van der Waals surface area contributed by atoms with E-state index in [1.165, 1.54) is 50.8 Å². The van der Waals surface area contributed by atoms with E-state index in [0.29, 0.717) is 6.04 Å². The highest BCUT2D eigenvalue weighted by Gasteiger charge is 2.20. The van der Waals surface area contributed by atoms with E-state index in [1.54, 1.807) is 0 Å². The van der Waals surface area contributed by atoms with Crippen LogP contribution >= 0.6 is 0 Å². The molecule has 1 aromatic rings. The summed E-state index contributed by atoms with van der Waals surface area (Å²) in [6, 6.07) is 11.3. The van der Waals surface area contributed by atoms with Crippen molar-refractivity contribution in [2.45, 2.75) is 44.7 Å². The smallest absolute Gasteiger partial charge is 0.191 e. The Hall–Kier alpha value is -1.59. The molecule has 0 spiro atoms. The van der Waals surface area contributed by atoms with Crippen molar-refractivity contribution in [1.29, 1.82) is 0 Å². The van der Waals surface area contributed by atoms with E-state index in [0.717, 1.165) is 38.1 Å². The Morgan fingerprint density at radius 2 is 1.74 bits per heavy atom. The number of benzene rings is 1. The number of hydrogen-bond donors (Lipinski definition) is 2. The van der Waals surface area contributed by atoms with Crippen molar-refractivity contribution >= 4 is 5.96 Å². The fourth-order valence-corrected chi connectivity index (χ4v) is 4.21. The molecule has 0 saturated carbocycles. The normalized spacial score (nSPS) is 21.3. The van der Waals surface area contributed by atoms with Crippen LogP contribution in [0.1, 0.15) is 37.7 Å². The first-order chi connectivity index (χ1) is 13.2. The Morgan fingerprint density at radius 1 is 1.04 bits per heavy atom. The molecule has 0 aromatic heterocycles. The highest BCUT2D eigenvalue weighted by Crippen LogP contribution is 2.18. The second kappa shape index (κ2) is 10.7. The summed E-state index contributed by atoms with van der Waals surface area (Å²) < 4.78 is 0. The molecule has 2 aliphatic rings. The molecule has 5 heteroatoms. The van der Waals surface area contributed by atoms with Gasteiger partial charge in [0.15, 0.2) is 5.96 Å². The molecule has 0 unspecified atom stereocenters. The van der Waals surface area contributed by atoms with E-state index in [9.17, 15) is 0 Å². The molecule has 0 amide bonds. The maximum absolute atomic E-state index is 4.44. The summed E-state index contributed by atoms with van der Waals surface area (Å²) in [7, 11) is 4.11. The molecule has 2 saturated heterocycles. The van der Waals surface area contributed by atoms with E-state index in [-0.39, 0.29) is 0 Å². The van der Waals surface area contributed by atoms with E-state index in [1.807, 2.05) is 7.05 Å². The highest BCUT2D eigenvalue weighted by atomic mass is 15.2. The van der Waals surface area contributed by atoms with Crippen LogP contribution in [0.3, 0.4) is 0 Å². The summed E-state index contributed by atoms with van der Waals surface area (Å²) in [6.45, 7) is 6.90. The molecule has 5 nitrogen and oxygen atoms in total. The van der Waals surface area contributed by atoms with Gasteiger partial charge in [0.2, 0.25) is 0 Å². The third-order valence-corrected chi connectivity index (χ3v) is 6.08. The van der Waals surface area contributed by atoms with Crippen molar-refractivity contribution < 1.29 is 0 Å². The zero-order valence-electron chi connectivity index (χ0n) is 17.2. The first kappa shape index (κ1) is 20.2. The lowest BCUT2D eigenvalue weighted by Crippen LogP contribution is -2.48. The van der Waals surface area contributed by atoms with Gasteiger partial charge in [-0.05, 0) is 63.7 Å². The van der Waals surface area contributed by atoms with Crippen LogP contribution in [0.25, 0.3) is 0 Å². The fourth-order valence-electron chi connectivity index (χ4n) is 4.21. The minimum atomic E-state index is 0.534. The predicted octanol–water partition coefficient (Wildman–Crippen LogP) is 2.55. The summed E-state index contributed by atoms with van der Waals surface area (Å²) >= 11 is 0. The molecule has 0 aliphatic carbocycles. The molecule has 2 N–H and O–H groups in total. The van der Waals surface area contributed by atoms with Crippen molar-refractivity contribution in [3.63, 3.8) is 0 Å². The van der Waals surface area contributed by atoms with Crippen LogP contribution in [-0.4, -0.2) is 68.6 Å². The van der Waals surface area contributed by atoms with Gasteiger partial charge in [0, 0.05) is 39.3 Å². The molecule has 0 atom stereocenters. The number of nitrogens with one attached hydrogen (secondary N) is 2. The van der Waals surface area contributed by atoms with Gasteiger partial charge in [-0.25, -0.2) is 0 Å². The van der Waals surface area contributed by atoms with Crippen LogP contribution in [0.15, 0.2) is 35.3 Å². The third kappa shape index (κ3) is 6.82. The van der Waals surface area contributed by atoms with Crippen LogP contribution < -0.4 is 10.6 Å². The number of rotatable bonds is 6. The molecular weight excluding hydrogens is 334 g/mol. The monoisotopic (exact) mass is 371 g/mol. The molecule has 2 fully saturated rings. The van der Waals surface area contributed by atoms with Crippen molar-refractivity contribution in [1.82, 2.24) is 20.4 Å². The first-order valence-electron chi connectivity index (χ1n) is 10.6. The molecule has 0 radical (unpaired) electrons. The number of piperidine rings is 2. The van der Waals surface area contributed by atoms with Crippen molar-refractivity contribution in [3.8, 4) is 0 Å². The Labute approximate surface area is 165 Å². The fraction of sp³-hybridized carbons (Fsp3) is 0.682. The minimum absolute atomic E-state index is 0.534. The quantitative estimate of drug-likeness (QED) is 0.596. The average molecular weight is 372 g/mol. The largest absolute Gasteiger partial charge is 0.356 e. The minimum Gasteiger partial charge on any atom is -0.356 e. The summed E-state index contributed by atoms with van der Waals surface area (Å²) in [5.74, 6) is 1.84. The van der Waals surface area contributed by atoms with E-state index in [2.05, 4.69) is 62.8 Å². The third-order valence-electron chi connectivity index (χ3n) is 6.08. The summed E-state index contributed by atoms with van der Waals surface area (Å²) in [5.41, 5.74) is 1.41. The Bertz CT molecular complexity index is 557. The van der Waals surface area contributed by atoms with Crippen LogP contribution in [0, 0.1) is 5.92 Å². The number of aliphatic imine (C=N–C) groups is 1. The molecule has 1 aromatic carbocycles. The van der Waals surface area contributed by atoms with E-state index in [4.69, 9.17) is 0 Å². The number of guanidine groups is 1. The molecule has 3 rings (SSSR count).